The number of nitriles is 1. The first kappa shape index (κ1) is 20.7. The molecule has 150 valence electrons. The van der Waals surface area contributed by atoms with E-state index in [-0.39, 0.29) is 0 Å². The summed E-state index contributed by atoms with van der Waals surface area (Å²) in [5, 5.41) is 8.50. The highest BCUT2D eigenvalue weighted by atomic mass is 19.4. The van der Waals surface area contributed by atoms with E-state index in [9.17, 15) is 13.2 Å². The molecule has 2 aliphatic carbocycles. The van der Waals surface area contributed by atoms with Crippen molar-refractivity contribution >= 4 is 0 Å². The van der Waals surface area contributed by atoms with E-state index >= 15 is 0 Å². The fourth-order valence-corrected chi connectivity index (χ4v) is 5.00. The van der Waals surface area contributed by atoms with E-state index in [1.54, 1.807) is 18.2 Å². The minimum Gasteiger partial charge on any atom is -0.193 e. The summed E-state index contributed by atoms with van der Waals surface area (Å²) >= 11 is 0. The maximum Gasteiger partial charge on any atom is 0.416 e. The topological polar surface area (TPSA) is 23.8 Å². The standard InChI is InChI=1S/C24H28F3N/c25-24(26,27)23-15-13-22(14-16-23)21-11-9-20(10-12-21)19-7-5-18(6-8-19)4-2-1-3-17-28/h1-4,13-16,18-21H,5-12H2. The normalized spacial score (nSPS) is 29.2. The van der Waals surface area contributed by atoms with E-state index < -0.39 is 11.7 Å². The van der Waals surface area contributed by atoms with Gasteiger partial charge in [0, 0.05) is 6.08 Å². The summed E-state index contributed by atoms with van der Waals surface area (Å²) in [5.74, 6) is 2.61. The van der Waals surface area contributed by atoms with Crippen molar-refractivity contribution in [2.45, 2.75) is 63.5 Å². The summed E-state index contributed by atoms with van der Waals surface area (Å²) in [7, 11) is 0. The molecule has 2 aliphatic rings. The van der Waals surface area contributed by atoms with Gasteiger partial charge in [0.25, 0.3) is 0 Å². The third-order valence-corrected chi connectivity index (χ3v) is 6.63. The van der Waals surface area contributed by atoms with E-state index in [1.807, 2.05) is 12.1 Å². The van der Waals surface area contributed by atoms with Gasteiger partial charge in [-0.25, -0.2) is 0 Å². The average Bonchev–Trinajstić information content (AvgIpc) is 2.71. The van der Waals surface area contributed by atoms with Gasteiger partial charge in [0.2, 0.25) is 0 Å². The molecule has 0 saturated heterocycles. The molecule has 1 aromatic carbocycles. The van der Waals surface area contributed by atoms with Gasteiger partial charge in [-0.05, 0) is 92.7 Å². The van der Waals surface area contributed by atoms with Crippen LogP contribution < -0.4 is 0 Å². The third kappa shape index (κ3) is 5.50. The molecule has 0 spiro atoms. The Labute approximate surface area is 165 Å². The first-order valence-corrected chi connectivity index (χ1v) is 10.4. The van der Waals surface area contributed by atoms with E-state index in [0.717, 1.165) is 30.2 Å². The summed E-state index contributed by atoms with van der Waals surface area (Å²) in [6.45, 7) is 0. The van der Waals surface area contributed by atoms with Crippen LogP contribution in [0.5, 0.6) is 0 Å². The number of hydrogen-bond donors (Lipinski definition) is 0. The van der Waals surface area contributed by atoms with Gasteiger partial charge in [0.1, 0.15) is 0 Å². The van der Waals surface area contributed by atoms with Crippen molar-refractivity contribution in [3.63, 3.8) is 0 Å². The molecule has 0 N–H and O–H groups in total. The van der Waals surface area contributed by atoms with E-state index in [4.69, 9.17) is 5.26 Å². The van der Waals surface area contributed by atoms with Crippen LogP contribution in [-0.4, -0.2) is 0 Å². The van der Waals surface area contributed by atoms with E-state index in [0.29, 0.717) is 11.8 Å². The minimum atomic E-state index is -4.25. The lowest BCUT2D eigenvalue weighted by Gasteiger charge is -2.37. The molecule has 28 heavy (non-hydrogen) atoms. The van der Waals surface area contributed by atoms with Crippen LogP contribution in [0, 0.1) is 29.1 Å². The number of halogens is 3. The Kier molecular flexibility index (Phi) is 6.99. The predicted octanol–water partition coefficient (Wildman–Crippen LogP) is 7.42. The molecule has 3 rings (SSSR count). The highest BCUT2D eigenvalue weighted by molar-refractivity contribution is 5.27. The van der Waals surface area contributed by atoms with E-state index in [2.05, 4.69) is 6.08 Å². The molecule has 1 nitrogen and oxygen atoms in total. The summed E-state index contributed by atoms with van der Waals surface area (Å²) in [6.07, 6.45) is 12.8. The molecule has 2 fully saturated rings. The molecule has 1 aromatic rings. The Hall–Kier alpha value is -2.02. The molecule has 2 saturated carbocycles. The van der Waals surface area contributed by atoms with Crippen LogP contribution in [-0.2, 0) is 6.18 Å². The SMILES string of the molecule is N#CC=CC=CC1CCC(C2CCC(c3ccc(C(F)(F)F)cc3)CC2)CC1. The van der Waals surface area contributed by atoms with Gasteiger partial charge in [-0.2, -0.15) is 18.4 Å². The quantitative estimate of drug-likeness (QED) is 0.389. The van der Waals surface area contributed by atoms with Gasteiger partial charge in [-0.1, -0.05) is 30.4 Å². The molecule has 0 amide bonds. The van der Waals surface area contributed by atoms with Gasteiger partial charge in [-0.15, -0.1) is 0 Å². The summed E-state index contributed by atoms with van der Waals surface area (Å²) in [5.41, 5.74) is 0.504. The first-order valence-electron chi connectivity index (χ1n) is 10.4. The molecular weight excluding hydrogens is 359 g/mol. The van der Waals surface area contributed by atoms with Crippen LogP contribution in [0.1, 0.15) is 68.4 Å². The number of nitrogens with zero attached hydrogens (tertiary/aromatic N) is 1. The van der Waals surface area contributed by atoms with Gasteiger partial charge in [-0.3, -0.25) is 0 Å². The van der Waals surface area contributed by atoms with Crippen LogP contribution in [0.4, 0.5) is 13.2 Å². The number of hydrogen-bond acceptors (Lipinski definition) is 1. The second-order valence-corrected chi connectivity index (χ2v) is 8.28. The highest BCUT2D eigenvalue weighted by Gasteiger charge is 2.32. The Morgan fingerprint density at radius 1 is 0.821 bits per heavy atom. The molecule has 0 atom stereocenters. The fraction of sp³-hybridized carbons (Fsp3) is 0.542. The molecule has 0 radical (unpaired) electrons. The Balaban J connectivity index is 1.45. The maximum atomic E-state index is 12.7. The highest BCUT2D eigenvalue weighted by Crippen LogP contribution is 2.44. The predicted molar refractivity (Wildman–Crippen MR) is 105 cm³/mol. The largest absolute Gasteiger partial charge is 0.416 e. The van der Waals surface area contributed by atoms with Crippen LogP contribution in [0.25, 0.3) is 0 Å². The van der Waals surface area contributed by atoms with Crippen LogP contribution >= 0.6 is 0 Å². The number of alkyl halides is 3. The zero-order chi connectivity index (χ0) is 20.0. The zero-order valence-electron chi connectivity index (χ0n) is 16.2. The lowest BCUT2D eigenvalue weighted by Crippen LogP contribution is -2.25. The second-order valence-electron chi connectivity index (χ2n) is 8.28. The monoisotopic (exact) mass is 387 g/mol. The van der Waals surface area contributed by atoms with E-state index in [1.165, 1.54) is 56.7 Å². The summed E-state index contributed by atoms with van der Waals surface area (Å²) < 4.78 is 38.2. The van der Waals surface area contributed by atoms with Gasteiger partial charge < -0.3 is 0 Å². The van der Waals surface area contributed by atoms with Gasteiger partial charge >= 0.3 is 6.18 Å². The van der Waals surface area contributed by atoms with Crippen LogP contribution in [0.3, 0.4) is 0 Å². The van der Waals surface area contributed by atoms with Crippen molar-refractivity contribution in [1.29, 1.82) is 5.26 Å². The van der Waals surface area contributed by atoms with Crippen molar-refractivity contribution in [2.24, 2.45) is 17.8 Å². The van der Waals surface area contributed by atoms with Crippen LogP contribution in [0.15, 0.2) is 48.6 Å². The zero-order valence-corrected chi connectivity index (χ0v) is 16.2. The van der Waals surface area contributed by atoms with Crippen molar-refractivity contribution in [2.75, 3.05) is 0 Å². The van der Waals surface area contributed by atoms with Crippen molar-refractivity contribution < 1.29 is 13.2 Å². The van der Waals surface area contributed by atoms with Crippen molar-refractivity contribution in [3.8, 4) is 6.07 Å². The average molecular weight is 387 g/mol. The molecular formula is C24H28F3N. The first-order chi connectivity index (χ1) is 13.5. The summed E-state index contributed by atoms with van der Waals surface area (Å²) in [4.78, 5) is 0. The molecule has 0 heterocycles. The molecule has 0 unspecified atom stereocenters. The minimum absolute atomic E-state index is 0.407. The Morgan fingerprint density at radius 3 is 1.93 bits per heavy atom. The van der Waals surface area contributed by atoms with Crippen LogP contribution in [0.2, 0.25) is 0 Å². The molecule has 4 heteroatoms. The molecule has 0 aliphatic heterocycles. The lowest BCUT2D eigenvalue weighted by atomic mass is 9.68. The smallest absolute Gasteiger partial charge is 0.193 e. The fourth-order valence-electron chi connectivity index (χ4n) is 5.00. The number of rotatable bonds is 4. The van der Waals surface area contributed by atoms with Crippen molar-refractivity contribution in [1.82, 2.24) is 0 Å². The van der Waals surface area contributed by atoms with Gasteiger partial charge in [0.15, 0.2) is 0 Å². The second kappa shape index (κ2) is 9.45. The Morgan fingerprint density at radius 2 is 1.39 bits per heavy atom. The number of benzene rings is 1. The van der Waals surface area contributed by atoms with Crippen molar-refractivity contribution in [3.05, 3.63) is 59.7 Å². The maximum absolute atomic E-state index is 12.7. The molecule has 0 aromatic heterocycles. The third-order valence-electron chi connectivity index (χ3n) is 6.63. The summed E-state index contributed by atoms with van der Waals surface area (Å²) in [6, 6.07) is 7.79. The Bertz CT molecular complexity index is 708. The molecule has 0 bridgehead atoms. The lowest BCUT2D eigenvalue weighted by molar-refractivity contribution is -0.137. The van der Waals surface area contributed by atoms with Gasteiger partial charge in [0.05, 0.1) is 11.6 Å². The number of allylic oxidation sites excluding steroid dienone is 4.